The summed E-state index contributed by atoms with van der Waals surface area (Å²) in [7, 11) is 1.76. The average Bonchev–Trinajstić information content (AvgIpc) is 2.56. The highest BCUT2D eigenvalue weighted by molar-refractivity contribution is 6.31. The zero-order valence-electron chi connectivity index (χ0n) is 11.0. The standard InChI is InChI=1S/C14H14Cl2N2O/c1-8-6-10(15)4-5-11(8)13(19)7-12-9(2)17-18(3)14(12)16/h4-6H,7H2,1-3H3. The molecule has 1 aromatic carbocycles. The first-order chi connectivity index (χ1) is 8.90. The van der Waals surface area contributed by atoms with Crippen molar-refractivity contribution in [1.29, 1.82) is 0 Å². The van der Waals surface area contributed by atoms with Crippen molar-refractivity contribution < 1.29 is 4.79 Å². The van der Waals surface area contributed by atoms with Crippen LogP contribution in [0.3, 0.4) is 0 Å². The minimum absolute atomic E-state index is 0.0205. The van der Waals surface area contributed by atoms with Crippen molar-refractivity contribution in [2.75, 3.05) is 0 Å². The Kier molecular flexibility index (Phi) is 3.97. The smallest absolute Gasteiger partial charge is 0.167 e. The van der Waals surface area contributed by atoms with Gasteiger partial charge in [0.1, 0.15) is 5.15 Å². The monoisotopic (exact) mass is 296 g/mol. The number of hydrogen-bond acceptors (Lipinski definition) is 2. The number of aryl methyl sites for hydroxylation is 3. The van der Waals surface area contributed by atoms with E-state index in [1.54, 1.807) is 29.9 Å². The molecule has 0 spiro atoms. The van der Waals surface area contributed by atoms with Gasteiger partial charge in [0.15, 0.2) is 5.78 Å². The molecule has 0 atom stereocenters. The van der Waals surface area contributed by atoms with Crippen LogP contribution < -0.4 is 0 Å². The van der Waals surface area contributed by atoms with Gasteiger partial charge in [0.05, 0.1) is 5.69 Å². The molecule has 0 aliphatic heterocycles. The number of rotatable bonds is 3. The van der Waals surface area contributed by atoms with Crippen LogP contribution in [-0.4, -0.2) is 15.6 Å². The molecular formula is C14H14Cl2N2O. The predicted molar refractivity (Wildman–Crippen MR) is 77.2 cm³/mol. The van der Waals surface area contributed by atoms with Crippen molar-refractivity contribution in [2.24, 2.45) is 7.05 Å². The van der Waals surface area contributed by atoms with Gasteiger partial charge in [-0.05, 0) is 37.6 Å². The van der Waals surface area contributed by atoms with Crippen molar-refractivity contribution in [3.8, 4) is 0 Å². The molecule has 0 radical (unpaired) electrons. The minimum Gasteiger partial charge on any atom is -0.294 e. The molecule has 100 valence electrons. The highest BCUT2D eigenvalue weighted by atomic mass is 35.5. The topological polar surface area (TPSA) is 34.9 Å². The van der Waals surface area contributed by atoms with Crippen molar-refractivity contribution in [3.05, 3.63) is 50.8 Å². The highest BCUT2D eigenvalue weighted by Crippen LogP contribution is 2.22. The van der Waals surface area contributed by atoms with E-state index in [4.69, 9.17) is 23.2 Å². The Hall–Kier alpha value is -1.32. The number of carbonyl (C=O) groups excluding carboxylic acids is 1. The molecule has 0 bridgehead atoms. The Bertz CT molecular complexity index is 647. The van der Waals surface area contributed by atoms with E-state index in [1.165, 1.54) is 0 Å². The van der Waals surface area contributed by atoms with E-state index >= 15 is 0 Å². The summed E-state index contributed by atoms with van der Waals surface area (Å²) in [6.07, 6.45) is 0.251. The molecule has 19 heavy (non-hydrogen) atoms. The first-order valence-corrected chi connectivity index (χ1v) is 6.63. The van der Waals surface area contributed by atoms with Crippen LogP contribution in [0.4, 0.5) is 0 Å². The fraction of sp³-hybridized carbons (Fsp3) is 0.286. The van der Waals surface area contributed by atoms with Crippen LogP contribution in [-0.2, 0) is 13.5 Å². The van der Waals surface area contributed by atoms with Gasteiger partial charge in [0.25, 0.3) is 0 Å². The summed E-state index contributed by atoms with van der Waals surface area (Å²) in [5, 5.41) is 5.35. The molecule has 0 aliphatic carbocycles. The second-order valence-corrected chi connectivity index (χ2v) is 5.33. The third kappa shape index (κ3) is 2.82. The fourth-order valence-corrected chi connectivity index (χ4v) is 2.54. The maximum Gasteiger partial charge on any atom is 0.167 e. The van der Waals surface area contributed by atoms with Gasteiger partial charge in [-0.1, -0.05) is 23.2 Å². The van der Waals surface area contributed by atoms with Crippen molar-refractivity contribution in [2.45, 2.75) is 20.3 Å². The lowest BCUT2D eigenvalue weighted by molar-refractivity contribution is 0.0992. The van der Waals surface area contributed by atoms with Crippen LogP contribution >= 0.6 is 23.2 Å². The fourth-order valence-electron chi connectivity index (χ4n) is 2.07. The summed E-state index contributed by atoms with van der Waals surface area (Å²) in [5.74, 6) is 0.0205. The molecule has 0 amide bonds. The molecule has 0 saturated heterocycles. The Balaban J connectivity index is 2.31. The lowest BCUT2D eigenvalue weighted by Gasteiger charge is -2.05. The highest BCUT2D eigenvalue weighted by Gasteiger charge is 2.17. The third-order valence-electron chi connectivity index (χ3n) is 3.10. The van der Waals surface area contributed by atoms with E-state index in [0.717, 1.165) is 16.8 Å². The van der Waals surface area contributed by atoms with E-state index < -0.39 is 0 Å². The van der Waals surface area contributed by atoms with Crippen LogP contribution in [0.5, 0.6) is 0 Å². The number of Topliss-reactive ketones (excluding diaryl/α,β-unsaturated/α-hetero) is 1. The van der Waals surface area contributed by atoms with E-state index in [9.17, 15) is 4.79 Å². The van der Waals surface area contributed by atoms with Crippen LogP contribution in [0.1, 0.15) is 27.2 Å². The van der Waals surface area contributed by atoms with Crippen molar-refractivity contribution in [3.63, 3.8) is 0 Å². The third-order valence-corrected chi connectivity index (χ3v) is 3.80. The Morgan fingerprint density at radius 3 is 2.53 bits per heavy atom. The number of benzene rings is 1. The van der Waals surface area contributed by atoms with Crippen LogP contribution in [0.15, 0.2) is 18.2 Å². The molecule has 5 heteroatoms. The minimum atomic E-state index is 0.0205. The molecule has 0 N–H and O–H groups in total. The largest absolute Gasteiger partial charge is 0.294 e. The zero-order chi connectivity index (χ0) is 14.2. The van der Waals surface area contributed by atoms with E-state index in [0.29, 0.717) is 15.7 Å². The van der Waals surface area contributed by atoms with Gasteiger partial charge in [-0.3, -0.25) is 9.48 Å². The summed E-state index contributed by atoms with van der Waals surface area (Å²) in [4.78, 5) is 12.3. The molecule has 0 unspecified atom stereocenters. The summed E-state index contributed by atoms with van der Waals surface area (Å²) < 4.78 is 1.58. The Morgan fingerprint density at radius 2 is 2.00 bits per heavy atom. The number of nitrogens with zero attached hydrogens (tertiary/aromatic N) is 2. The molecule has 1 aromatic heterocycles. The van der Waals surface area contributed by atoms with E-state index in [1.807, 2.05) is 13.8 Å². The van der Waals surface area contributed by atoms with Crippen LogP contribution in [0.25, 0.3) is 0 Å². The van der Waals surface area contributed by atoms with Crippen molar-refractivity contribution >= 4 is 29.0 Å². The first kappa shape index (κ1) is 14.1. The van der Waals surface area contributed by atoms with Gasteiger partial charge in [0, 0.05) is 29.6 Å². The summed E-state index contributed by atoms with van der Waals surface area (Å²) >= 11 is 12.0. The van der Waals surface area contributed by atoms with Gasteiger partial charge in [0.2, 0.25) is 0 Å². The molecule has 0 aliphatic rings. The van der Waals surface area contributed by atoms with Gasteiger partial charge in [-0.2, -0.15) is 5.10 Å². The maximum absolute atomic E-state index is 12.3. The lowest BCUT2D eigenvalue weighted by atomic mass is 10.00. The maximum atomic E-state index is 12.3. The average molecular weight is 297 g/mol. The second-order valence-electron chi connectivity index (χ2n) is 4.54. The number of carbonyl (C=O) groups is 1. The van der Waals surface area contributed by atoms with Gasteiger partial charge >= 0.3 is 0 Å². The van der Waals surface area contributed by atoms with Crippen LogP contribution in [0, 0.1) is 13.8 Å². The summed E-state index contributed by atoms with van der Waals surface area (Å²) in [5.41, 5.74) is 3.11. The van der Waals surface area contributed by atoms with Gasteiger partial charge in [-0.25, -0.2) is 0 Å². The number of halogens is 2. The molecule has 1 heterocycles. The number of ketones is 1. The molecule has 2 aromatic rings. The summed E-state index contributed by atoms with van der Waals surface area (Å²) in [6.45, 7) is 3.72. The number of hydrogen-bond donors (Lipinski definition) is 0. The van der Waals surface area contributed by atoms with Crippen molar-refractivity contribution in [1.82, 2.24) is 9.78 Å². The molecule has 2 rings (SSSR count). The van der Waals surface area contributed by atoms with Gasteiger partial charge in [-0.15, -0.1) is 0 Å². The quantitative estimate of drug-likeness (QED) is 0.808. The predicted octanol–water partition coefficient (Wildman–Crippen LogP) is 3.77. The summed E-state index contributed by atoms with van der Waals surface area (Å²) in [6, 6.07) is 5.26. The first-order valence-electron chi connectivity index (χ1n) is 5.87. The lowest BCUT2D eigenvalue weighted by Crippen LogP contribution is -2.06. The second kappa shape index (κ2) is 5.35. The normalized spacial score (nSPS) is 10.8. The van der Waals surface area contributed by atoms with Gasteiger partial charge < -0.3 is 0 Å². The number of aromatic nitrogens is 2. The Labute approximate surface area is 122 Å². The SMILES string of the molecule is Cc1cc(Cl)ccc1C(=O)Cc1c(C)nn(C)c1Cl. The van der Waals surface area contributed by atoms with E-state index in [-0.39, 0.29) is 12.2 Å². The van der Waals surface area contributed by atoms with E-state index in [2.05, 4.69) is 5.10 Å². The molecule has 3 nitrogen and oxygen atoms in total. The van der Waals surface area contributed by atoms with Crippen LogP contribution in [0.2, 0.25) is 10.2 Å². The molecule has 0 saturated carbocycles. The molecular weight excluding hydrogens is 283 g/mol. The zero-order valence-corrected chi connectivity index (χ0v) is 12.5. The Morgan fingerprint density at radius 1 is 1.32 bits per heavy atom. The molecule has 0 fully saturated rings.